The number of aromatic nitrogens is 2. The van der Waals surface area contributed by atoms with Crippen molar-refractivity contribution in [1.29, 1.82) is 0 Å². The van der Waals surface area contributed by atoms with Gasteiger partial charge in [-0.15, -0.1) is 0 Å². The summed E-state index contributed by atoms with van der Waals surface area (Å²) in [5.41, 5.74) is -1.24. The van der Waals surface area contributed by atoms with Crippen LogP contribution in [-0.4, -0.2) is 46.1 Å². The van der Waals surface area contributed by atoms with E-state index < -0.39 is 17.2 Å². The van der Waals surface area contributed by atoms with Crippen LogP contribution < -0.4 is 10.6 Å². The van der Waals surface area contributed by atoms with Crippen molar-refractivity contribution in [2.24, 2.45) is 7.05 Å². The van der Waals surface area contributed by atoms with Crippen LogP contribution in [-0.2, 0) is 21.3 Å². The number of rotatable bonds is 5. The molecule has 1 heterocycles. The van der Waals surface area contributed by atoms with E-state index in [-0.39, 0.29) is 18.4 Å². The van der Waals surface area contributed by atoms with Gasteiger partial charge in [0.05, 0.1) is 18.1 Å². The Hall–Kier alpha value is -2.09. The fourth-order valence-corrected chi connectivity index (χ4v) is 2.77. The molecule has 0 spiro atoms. The minimum absolute atomic E-state index is 0.0302. The smallest absolute Gasteiger partial charge is 0.408 e. The van der Waals surface area contributed by atoms with E-state index in [0.717, 1.165) is 0 Å². The number of carbonyl (C=O) groups excluding carboxylic acids is 2. The number of nitrogens with zero attached hydrogens (tertiary/aromatic N) is 2. The van der Waals surface area contributed by atoms with E-state index in [0.29, 0.717) is 18.7 Å². The maximum atomic E-state index is 12.3. The van der Waals surface area contributed by atoms with E-state index in [2.05, 4.69) is 15.7 Å². The van der Waals surface area contributed by atoms with Crippen LogP contribution in [0.4, 0.5) is 10.6 Å². The van der Waals surface area contributed by atoms with Gasteiger partial charge in [-0.25, -0.2) is 4.79 Å². The van der Waals surface area contributed by atoms with Crippen LogP contribution in [0.25, 0.3) is 0 Å². The van der Waals surface area contributed by atoms with Gasteiger partial charge in [-0.3, -0.25) is 9.48 Å². The molecule has 0 aromatic carbocycles. The predicted molar refractivity (Wildman–Crippen MR) is 88.6 cm³/mol. The first-order valence-corrected chi connectivity index (χ1v) is 7.94. The molecule has 0 atom stereocenters. The van der Waals surface area contributed by atoms with Gasteiger partial charge in [0, 0.05) is 26.4 Å². The second-order valence-electron chi connectivity index (χ2n) is 7.27. The molecule has 1 aromatic rings. The molecule has 0 saturated heterocycles. The molecule has 1 aromatic heterocycles. The topological polar surface area (TPSA) is 94.5 Å². The number of hydrogen-bond acceptors (Lipinski definition) is 5. The highest BCUT2D eigenvalue weighted by atomic mass is 16.6. The number of amides is 2. The largest absolute Gasteiger partial charge is 0.444 e. The Balaban J connectivity index is 1.97. The number of ether oxygens (including phenoxy) is 2. The van der Waals surface area contributed by atoms with Crippen LogP contribution in [0.2, 0.25) is 0 Å². The maximum Gasteiger partial charge on any atom is 0.408 e. The van der Waals surface area contributed by atoms with Crippen molar-refractivity contribution in [3.8, 4) is 0 Å². The molecule has 134 valence electrons. The standard InChI is InChI=1S/C16H26N4O4/c1-15(2,3)24-14(22)18-16(8-11(9-16)23-5)10-13(21)17-12-6-7-20(4)19-12/h6-7,11H,8-10H2,1-5H3,(H,18,22)(H,17,19,21). The van der Waals surface area contributed by atoms with Crippen LogP contribution in [0.3, 0.4) is 0 Å². The minimum Gasteiger partial charge on any atom is -0.444 e. The monoisotopic (exact) mass is 338 g/mol. The fraction of sp³-hybridized carbons (Fsp3) is 0.688. The third-order valence-electron chi connectivity index (χ3n) is 3.82. The molecule has 1 fully saturated rings. The second kappa shape index (κ2) is 6.80. The van der Waals surface area contributed by atoms with Crippen molar-refractivity contribution in [1.82, 2.24) is 15.1 Å². The highest BCUT2D eigenvalue weighted by Crippen LogP contribution is 2.37. The van der Waals surface area contributed by atoms with Gasteiger partial charge in [-0.05, 0) is 33.6 Å². The number of carbonyl (C=O) groups is 2. The van der Waals surface area contributed by atoms with Gasteiger partial charge in [0.1, 0.15) is 5.60 Å². The summed E-state index contributed by atoms with van der Waals surface area (Å²) in [4.78, 5) is 24.4. The first-order valence-electron chi connectivity index (χ1n) is 7.94. The molecular formula is C16H26N4O4. The summed E-state index contributed by atoms with van der Waals surface area (Å²) >= 11 is 0. The first-order chi connectivity index (χ1) is 11.1. The molecule has 24 heavy (non-hydrogen) atoms. The lowest BCUT2D eigenvalue weighted by molar-refractivity contribution is -0.120. The van der Waals surface area contributed by atoms with Crippen LogP contribution in [0.15, 0.2) is 12.3 Å². The molecular weight excluding hydrogens is 312 g/mol. The van der Waals surface area contributed by atoms with Gasteiger partial charge >= 0.3 is 6.09 Å². The minimum atomic E-state index is -0.651. The third-order valence-corrected chi connectivity index (χ3v) is 3.82. The lowest BCUT2D eigenvalue weighted by atomic mass is 9.72. The van der Waals surface area contributed by atoms with E-state index in [9.17, 15) is 9.59 Å². The third kappa shape index (κ3) is 4.95. The number of methoxy groups -OCH3 is 1. The molecule has 0 aliphatic heterocycles. The number of nitrogens with one attached hydrogen (secondary N) is 2. The van der Waals surface area contributed by atoms with E-state index in [1.165, 1.54) is 0 Å². The number of alkyl carbamates (subject to hydrolysis) is 1. The average molecular weight is 338 g/mol. The summed E-state index contributed by atoms with van der Waals surface area (Å²) in [7, 11) is 3.40. The Kier molecular flexibility index (Phi) is 5.17. The molecule has 1 aliphatic rings. The van der Waals surface area contributed by atoms with Gasteiger partial charge in [0.25, 0.3) is 0 Å². The SMILES string of the molecule is COC1CC(CC(=O)Nc2ccn(C)n2)(NC(=O)OC(C)(C)C)C1. The van der Waals surface area contributed by atoms with Crippen molar-refractivity contribution < 1.29 is 19.1 Å². The molecule has 8 nitrogen and oxygen atoms in total. The predicted octanol–water partition coefficient (Wildman–Crippen LogP) is 1.82. The molecule has 8 heteroatoms. The van der Waals surface area contributed by atoms with Crippen molar-refractivity contribution in [2.45, 2.75) is 57.3 Å². The first kappa shape index (κ1) is 18.3. The van der Waals surface area contributed by atoms with Crippen molar-refractivity contribution in [3.63, 3.8) is 0 Å². The molecule has 0 radical (unpaired) electrons. The summed E-state index contributed by atoms with van der Waals surface area (Å²) in [6.07, 6.45) is 2.53. The van der Waals surface area contributed by atoms with E-state index in [4.69, 9.17) is 9.47 Å². The highest BCUT2D eigenvalue weighted by molar-refractivity contribution is 5.91. The molecule has 0 unspecified atom stereocenters. The van der Waals surface area contributed by atoms with Crippen molar-refractivity contribution in [2.75, 3.05) is 12.4 Å². The van der Waals surface area contributed by atoms with Crippen LogP contribution >= 0.6 is 0 Å². The zero-order valence-corrected chi connectivity index (χ0v) is 14.9. The van der Waals surface area contributed by atoms with E-state index in [1.807, 2.05) is 0 Å². The van der Waals surface area contributed by atoms with Gasteiger partial charge in [-0.1, -0.05) is 0 Å². The Labute approximate surface area is 141 Å². The highest BCUT2D eigenvalue weighted by Gasteiger charge is 2.47. The van der Waals surface area contributed by atoms with Gasteiger partial charge in [0.2, 0.25) is 5.91 Å². The zero-order chi connectivity index (χ0) is 18.0. The van der Waals surface area contributed by atoms with Crippen molar-refractivity contribution in [3.05, 3.63) is 12.3 Å². The molecule has 2 rings (SSSR count). The lowest BCUT2D eigenvalue weighted by Gasteiger charge is -2.46. The fourth-order valence-electron chi connectivity index (χ4n) is 2.77. The van der Waals surface area contributed by atoms with Gasteiger partial charge < -0.3 is 20.1 Å². The van der Waals surface area contributed by atoms with Gasteiger partial charge in [-0.2, -0.15) is 5.10 Å². The van der Waals surface area contributed by atoms with E-state index in [1.54, 1.807) is 51.9 Å². The average Bonchev–Trinajstić information content (AvgIpc) is 2.77. The number of hydrogen-bond donors (Lipinski definition) is 2. The Morgan fingerprint density at radius 3 is 2.58 bits per heavy atom. The molecule has 2 N–H and O–H groups in total. The molecule has 2 amide bonds. The van der Waals surface area contributed by atoms with Crippen LogP contribution in [0.5, 0.6) is 0 Å². The Bertz CT molecular complexity index is 599. The normalized spacial score (nSPS) is 23.3. The van der Waals surface area contributed by atoms with Crippen molar-refractivity contribution >= 4 is 17.8 Å². The molecule has 0 bridgehead atoms. The maximum absolute atomic E-state index is 12.3. The second-order valence-corrected chi connectivity index (χ2v) is 7.27. The molecule has 1 saturated carbocycles. The lowest BCUT2D eigenvalue weighted by Crippen LogP contribution is -2.61. The molecule has 1 aliphatic carbocycles. The Morgan fingerprint density at radius 2 is 2.08 bits per heavy atom. The summed E-state index contributed by atoms with van der Waals surface area (Å²) in [5.74, 6) is 0.275. The summed E-state index contributed by atoms with van der Waals surface area (Å²) in [6, 6.07) is 1.71. The summed E-state index contributed by atoms with van der Waals surface area (Å²) in [6.45, 7) is 5.39. The number of aryl methyl sites for hydroxylation is 1. The van der Waals surface area contributed by atoms with E-state index >= 15 is 0 Å². The quantitative estimate of drug-likeness (QED) is 0.854. The van der Waals surface area contributed by atoms with Crippen LogP contribution in [0.1, 0.15) is 40.0 Å². The van der Waals surface area contributed by atoms with Gasteiger partial charge in [0.15, 0.2) is 5.82 Å². The number of anilines is 1. The van der Waals surface area contributed by atoms with Crippen LogP contribution in [0, 0.1) is 0 Å². The Morgan fingerprint density at radius 1 is 1.42 bits per heavy atom. The summed E-state index contributed by atoms with van der Waals surface area (Å²) < 4.78 is 12.2. The zero-order valence-electron chi connectivity index (χ0n) is 14.9. The summed E-state index contributed by atoms with van der Waals surface area (Å²) in [5, 5.41) is 9.70.